The molecule has 1 aromatic rings. The van der Waals surface area contributed by atoms with E-state index in [1.807, 2.05) is 6.92 Å². The van der Waals surface area contributed by atoms with E-state index in [4.69, 9.17) is 5.11 Å². The van der Waals surface area contributed by atoms with Gasteiger partial charge in [-0.2, -0.15) is 4.31 Å². The van der Waals surface area contributed by atoms with E-state index < -0.39 is 16.0 Å². The van der Waals surface area contributed by atoms with E-state index in [2.05, 4.69) is 0 Å². The number of aryl methyl sites for hydroxylation is 1. The second-order valence-electron chi connectivity index (χ2n) is 5.45. The molecule has 1 fully saturated rings. The maximum absolute atomic E-state index is 12.5. The zero-order valence-electron chi connectivity index (χ0n) is 12.1. The summed E-state index contributed by atoms with van der Waals surface area (Å²) in [6, 6.07) is 4.77. The third-order valence-electron chi connectivity index (χ3n) is 3.67. The number of hydrogen-bond donors (Lipinski definition) is 1. The van der Waals surface area contributed by atoms with Crippen LogP contribution in [0.5, 0.6) is 0 Å². The van der Waals surface area contributed by atoms with E-state index in [0.29, 0.717) is 24.6 Å². The first kappa shape index (κ1) is 15.7. The molecule has 1 heterocycles. The van der Waals surface area contributed by atoms with E-state index >= 15 is 0 Å². The first-order chi connectivity index (χ1) is 9.80. The summed E-state index contributed by atoms with van der Waals surface area (Å²) in [6.07, 6.45) is 3.39. The summed E-state index contributed by atoms with van der Waals surface area (Å²) in [5.74, 6) is -0.643. The van der Waals surface area contributed by atoms with Gasteiger partial charge < -0.3 is 5.11 Å². The van der Waals surface area contributed by atoms with Crippen molar-refractivity contribution in [2.45, 2.75) is 25.2 Å². The van der Waals surface area contributed by atoms with E-state index in [9.17, 15) is 13.2 Å². The maximum Gasteiger partial charge on any atom is 0.328 e. The summed E-state index contributed by atoms with van der Waals surface area (Å²) in [4.78, 5) is 10.8. The molecule has 2 rings (SSSR count). The van der Waals surface area contributed by atoms with Crippen molar-refractivity contribution in [2.75, 3.05) is 13.1 Å². The van der Waals surface area contributed by atoms with Crippen LogP contribution in [0, 0.1) is 12.8 Å². The van der Waals surface area contributed by atoms with Gasteiger partial charge in [-0.05, 0) is 48.6 Å². The summed E-state index contributed by atoms with van der Waals surface area (Å²) in [6.45, 7) is 4.93. The second kappa shape index (κ2) is 5.99. The molecule has 21 heavy (non-hydrogen) atoms. The molecule has 1 aliphatic rings. The van der Waals surface area contributed by atoms with Crippen LogP contribution >= 0.6 is 0 Å². The molecule has 1 N–H and O–H groups in total. The Morgan fingerprint density at radius 2 is 2.14 bits per heavy atom. The van der Waals surface area contributed by atoms with Crippen LogP contribution in [-0.4, -0.2) is 36.9 Å². The fourth-order valence-corrected chi connectivity index (χ4v) is 4.08. The van der Waals surface area contributed by atoms with Crippen molar-refractivity contribution in [1.82, 2.24) is 4.31 Å². The molecule has 114 valence electrons. The van der Waals surface area contributed by atoms with Gasteiger partial charge in [0, 0.05) is 19.2 Å². The molecule has 5 nitrogen and oxygen atoms in total. The third-order valence-corrected chi connectivity index (χ3v) is 5.53. The zero-order valence-corrected chi connectivity index (χ0v) is 12.9. The average Bonchev–Trinajstić information content (AvgIpc) is 2.84. The van der Waals surface area contributed by atoms with Gasteiger partial charge in [0.05, 0.1) is 4.90 Å². The predicted octanol–water partition coefficient (Wildman–Crippen LogP) is 2.12. The van der Waals surface area contributed by atoms with Gasteiger partial charge in [0.1, 0.15) is 0 Å². The predicted molar refractivity (Wildman–Crippen MR) is 80.4 cm³/mol. The zero-order chi connectivity index (χ0) is 15.6. The highest BCUT2D eigenvalue weighted by molar-refractivity contribution is 7.89. The number of carboxylic acid groups (broad SMARTS) is 1. The number of aliphatic carboxylic acids is 1. The highest BCUT2D eigenvalue weighted by atomic mass is 32.2. The Balaban J connectivity index is 2.29. The Hall–Kier alpha value is -1.66. The molecule has 0 aliphatic carbocycles. The molecule has 0 amide bonds. The SMILES string of the molecule is Cc1cc(S(=O)(=O)N2CCC(C)C2)ccc1C=CC(=O)O. The highest BCUT2D eigenvalue weighted by Crippen LogP contribution is 2.25. The molecular weight excluding hydrogens is 290 g/mol. The topological polar surface area (TPSA) is 74.7 Å². The monoisotopic (exact) mass is 309 g/mol. The van der Waals surface area contributed by atoms with Gasteiger partial charge >= 0.3 is 5.97 Å². The normalized spacial score (nSPS) is 20.2. The van der Waals surface area contributed by atoms with E-state index in [1.165, 1.54) is 16.4 Å². The standard InChI is InChI=1S/C15H19NO4S/c1-11-7-8-16(10-11)21(19,20)14-5-3-13(12(2)9-14)4-6-15(17)18/h3-6,9,11H,7-8,10H2,1-2H3,(H,17,18). The number of nitrogens with zero attached hydrogens (tertiary/aromatic N) is 1. The van der Waals surface area contributed by atoms with Crippen molar-refractivity contribution in [2.24, 2.45) is 5.92 Å². The summed E-state index contributed by atoms with van der Waals surface area (Å²) in [5.41, 5.74) is 1.44. The van der Waals surface area contributed by atoms with Crippen molar-refractivity contribution in [3.63, 3.8) is 0 Å². The van der Waals surface area contributed by atoms with Crippen molar-refractivity contribution in [3.8, 4) is 0 Å². The first-order valence-electron chi connectivity index (χ1n) is 6.82. The van der Waals surface area contributed by atoms with Gasteiger partial charge in [-0.3, -0.25) is 0 Å². The third kappa shape index (κ3) is 3.51. The number of benzene rings is 1. The minimum Gasteiger partial charge on any atom is -0.478 e. The second-order valence-corrected chi connectivity index (χ2v) is 7.38. The molecular formula is C15H19NO4S. The minimum atomic E-state index is -3.45. The molecule has 1 saturated heterocycles. The van der Waals surface area contributed by atoms with E-state index in [1.54, 1.807) is 19.1 Å². The fourth-order valence-electron chi connectivity index (χ4n) is 2.42. The van der Waals surface area contributed by atoms with Crippen LogP contribution in [0.3, 0.4) is 0 Å². The molecule has 0 spiro atoms. The fraction of sp³-hybridized carbons (Fsp3) is 0.400. The quantitative estimate of drug-likeness (QED) is 0.865. The Morgan fingerprint density at radius 3 is 2.67 bits per heavy atom. The molecule has 6 heteroatoms. The Morgan fingerprint density at radius 1 is 1.43 bits per heavy atom. The lowest BCUT2D eigenvalue weighted by Crippen LogP contribution is -2.28. The van der Waals surface area contributed by atoms with Crippen molar-refractivity contribution in [1.29, 1.82) is 0 Å². The number of sulfonamides is 1. The minimum absolute atomic E-state index is 0.265. The van der Waals surface area contributed by atoms with Crippen molar-refractivity contribution >= 4 is 22.1 Å². The number of hydrogen-bond acceptors (Lipinski definition) is 3. The molecule has 1 aromatic carbocycles. The Labute approximate surface area is 124 Å². The van der Waals surface area contributed by atoms with Crippen LogP contribution in [-0.2, 0) is 14.8 Å². The van der Waals surface area contributed by atoms with Crippen LogP contribution in [0.25, 0.3) is 6.08 Å². The van der Waals surface area contributed by atoms with E-state index in [0.717, 1.165) is 18.1 Å². The van der Waals surface area contributed by atoms with Crippen molar-refractivity contribution in [3.05, 3.63) is 35.4 Å². The van der Waals surface area contributed by atoms with Gasteiger partial charge in [0.15, 0.2) is 0 Å². The Kier molecular flexibility index (Phi) is 4.49. The van der Waals surface area contributed by atoms with Gasteiger partial charge in [-0.15, -0.1) is 0 Å². The van der Waals surface area contributed by atoms with Gasteiger partial charge in [-0.25, -0.2) is 13.2 Å². The molecule has 1 aliphatic heterocycles. The number of rotatable bonds is 4. The van der Waals surface area contributed by atoms with Gasteiger partial charge in [-0.1, -0.05) is 13.0 Å². The molecule has 0 radical (unpaired) electrons. The molecule has 0 bridgehead atoms. The Bertz CT molecular complexity index is 679. The smallest absolute Gasteiger partial charge is 0.328 e. The summed E-state index contributed by atoms with van der Waals surface area (Å²) in [5, 5.41) is 8.63. The molecule has 0 aromatic heterocycles. The van der Waals surface area contributed by atoms with Crippen LogP contribution in [0.1, 0.15) is 24.5 Å². The van der Waals surface area contributed by atoms with Gasteiger partial charge in [0.25, 0.3) is 0 Å². The molecule has 1 atom stereocenters. The lowest BCUT2D eigenvalue weighted by molar-refractivity contribution is -0.131. The lowest BCUT2D eigenvalue weighted by atomic mass is 10.1. The maximum atomic E-state index is 12.5. The van der Waals surface area contributed by atoms with Crippen LogP contribution in [0.15, 0.2) is 29.2 Å². The number of carbonyl (C=O) groups is 1. The van der Waals surface area contributed by atoms with Crippen molar-refractivity contribution < 1.29 is 18.3 Å². The summed E-state index contributed by atoms with van der Waals surface area (Å²) in [7, 11) is -3.45. The number of carboxylic acids is 1. The van der Waals surface area contributed by atoms with E-state index in [-0.39, 0.29) is 4.90 Å². The molecule has 1 unspecified atom stereocenters. The van der Waals surface area contributed by atoms with Gasteiger partial charge in [0.2, 0.25) is 10.0 Å². The lowest BCUT2D eigenvalue weighted by Gasteiger charge is -2.16. The largest absolute Gasteiger partial charge is 0.478 e. The average molecular weight is 309 g/mol. The highest BCUT2D eigenvalue weighted by Gasteiger charge is 2.30. The van der Waals surface area contributed by atoms with Crippen LogP contribution in [0.4, 0.5) is 0 Å². The van der Waals surface area contributed by atoms with Crippen LogP contribution in [0.2, 0.25) is 0 Å². The summed E-state index contributed by atoms with van der Waals surface area (Å²) >= 11 is 0. The molecule has 0 saturated carbocycles. The van der Waals surface area contributed by atoms with Crippen LogP contribution < -0.4 is 0 Å². The summed E-state index contributed by atoms with van der Waals surface area (Å²) < 4.78 is 26.6. The first-order valence-corrected chi connectivity index (χ1v) is 8.26.